The number of esters is 1. The van der Waals surface area contributed by atoms with Crippen LogP contribution in [0.15, 0.2) is 4.52 Å². The lowest BCUT2D eigenvalue weighted by molar-refractivity contribution is -0.161. The fourth-order valence-corrected chi connectivity index (χ4v) is 3.69. The molecule has 3 aliphatic rings. The summed E-state index contributed by atoms with van der Waals surface area (Å²) >= 11 is 0. The van der Waals surface area contributed by atoms with Crippen molar-refractivity contribution in [3.05, 3.63) is 11.7 Å². The molecule has 3 fully saturated rings. The summed E-state index contributed by atoms with van der Waals surface area (Å²) in [5, 5.41) is 4.03. The van der Waals surface area contributed by atoms with E-state index in [0.29, 0.717) is 17.6 Å². The molecule has 0 N–H and O–H groups in total. The van der Waals surface area contributed by atoms with Crippen LogP contribution in [0.25, 0.3) is 0 Å². The summed E-state index contributed by atoms with van der Waals surface area (Å²) in [6.45, 7) is 1.78. The van der Waals surface area contributed by atoms with Crippen molar-refractivity contribution in [3.8, 4) is 0 Å². The zero-order chi connectivity index (χ0) is 12.8. The van der Waals surface area contributed by atoms with Gasteiger partial charge in [0.25, 0.3) is 0 Å². The second-order valence-electron chi connectivity index (χ2n) is 5.55. The Morgan fingerprint density at radius 2 is 2.17 bits per heavy atom. The Morgan fingerprint density at radius 1 is 1.44 bits per heavy atom. The van der Waals surface area contributed by atoms with E-state index in [1.165, 1.54) is 7.11 Å². The maximum absolute atomic E-state index is 12.2. The second-order valence-corrected chi connectivity index (χ2v) is 5.55. The van der Waals surface area contributed by atoms with Crippen molar-refractivity contribution in [3.63, 3.8) is 0 Å². The highest BCUT2D eigenvalue weighted by Gasteiger charge is 2.55. The summed E-state index contributed by atoms with van der Waals surface area (Å²) in [7, 11) is 1.47. The van der Waals surface area contributed by atoms with Crippen molar-refractivity contribution in [1.29, 1.82) is 0 Å². The molecular weight excluding hydrogens is 232 g/mol. The van der Waals surface area contributed by atoms with Gasteiger partial charge in [0.2, 0.25) is 5.89 Å². The Bertz CT molecular complexity index is 461. The summed E-state index contributed by atoms with van der Waals surface area (Å²) in [5.41, 5.74) is -0.417. The molecule has 5 heteroatoms. The Labute approximate surface area is 106 Å². The SMILES string of the molecule is COC(=O)C12CCC(CC1)CC2c1noc(C)n1. The van der Waals surface area contributed by atoms with Crippen molar-refractivity contribution in [2.24, 2.45) is 11.3 Å². The van der Waals surface area contributed by atoms with E-state index < -0.39 is 5.41 Å². The molecule has 5 nitrogen and oxygen atoms in total. The number of hydrogen-bond acceptors (Lipinski definition) is 5. The largest absolute Gasteiger partial charge is 0.469 e. The van der Waals surface area contributed by atoms with Gasteiger partial charge in [-0.25, -0.2) is 0 Å². The third kappa shape index (κ3) is 1.56. The standard InChI is InChI=1S/C13H18N2O3/c1-8-14-11(15-18-8)10-7-9-3-5-13(10,6-4-9)12(16)17-2/h9-10H,3-7H2,1-2H3. The first-order valence-electron chi connectivity index (χ1n) is 6.54. The van der Waals surface area contributed by atoms with Crippen molar-refractivity contribution in [2.75, 3.05) is 7.11 Å². The Hall–Kier alpha value is -1.39. The van der Waals surface area contributed by atoms with Gasteiger partial charge in [0.15, 0.2) is 5.82 Å². The third-order valence-corrected chi connectivity index (χ3v) is 4.68. The molecule has 0 aliphatic heterocycles. The van der Waals surface area contributed by atoms with E-state index in [0.717, 1.165) is 32.1 Å². The molecule has 98 valence electrons. The molecule has 0 saturated heterocycles. The average Bonchev–Trinajstić information content (AvgIpc) is 2.85. The summed E-state index contributed by atoms with van der Waals surface area (Å²) in [5.74, 6) is 1.90. The van der Waals surface area contributed by atoms with E-state index in [4.69, 9.17) is 9.26 Å². The molecule has 1 aromatic rings. The number of nitrogens with zero attached hydrogens (tertiary/aromatic N) is 2. The molecule has 2 bridgehead atoms. The first-order valence-corrected chi connectivity index (χ1v) is 6.54. The van der Waals surface area contributed by atoms with Crippen LogP contribution < -0.4 is 0 Å². The van der Waals surface area contributed by atoms with Gasteiger partial charge in [0.05, 0.1) is 12.5 Å². The molecule has 0 amide bonds. The van der Waals surface area contributed by atoms with Gasteiger partial charge in [0.1, 0.15) is 0 Å². The molecule has 1 heterocycles. The van der Waals surface area contributed by atoms with Gasteiger partial charge >= 0.3 is 5.97 Å². The monoisotopic (exact) mass is 250 g/mol. The fourth-order valence-electron chi connectivity index (χ4n) is 3.69. The lowest BCUT2D eigenvalue weighted by Crippen LogP contribution is -2.47. The Balaban J connectivity index is 1.99. The number of hydrogen-bond donors (Lipinski definition) is 0. The molecule has 0 radical (unpaired) electrons. The molecule has 1 atom stereocenters. The van der Waals surface area contributed by atoms with E-state index in [2.05, 4.69) is 10.1 Å². The Kier molecular flexibility index (Phi) is 2.64. The van der Waals surface area contributed by atoms with Crippen LogP contribution in [0, 0.1) is 18.3 Å². The minimum Gasteiger partial charge on any atom is -0.469 e. The Morgan fingerprint density at radius 3 is 2.72 bits per heavy atom. The van der Waals surface area contributed by atoms with Crippen molar-refractivity contribution in [1.82, 2.24) is 10.1 Å². The maximum Gasteiger partial charge on any atom is 0.312 e. The first kappa shape index (κ1) is 11.7. The summed E-state index contributed by atoms with van der Waals surface area (Å²) < 4.78 is 10.1. The van der Waals surface area contributed by atoms with Gasteiger partial charge in [-0.3, -0.25) is 4.79 Å². The summed E-state index contributed by atoms with van der Waals surface area (Å²) in [6, 6.07) is 0. The number of carbonyl (C=O) groups excluding carboxylic acids is 1. The number of fused-ring (bicyclic) bond motifs is 3. The highest BCUT2D eigenvalue weighted by molar-refractivity contribution is 5.78. The minimum atomic E-state index is -0.417. The van der Waals surface area contributed by atoms with E-state index >= 15 is 0 Å². The maximum atomic E-state index is 12.2. The highest BCUT2D eigenvalue weighted by atomic mass is 16.5. The van der Waals surface area contributed by atoms with E-state index in [-0.39, 0.29) is 11.9 Å². The highest BCUT2D eigenvalue weighted by Crippen LogP contribution is 2.57. The first-order chi connectivity index (χ1) is 8.65. The number of carbonyl (C=O) groups is 1. The topological polar surface area (TPSA) is 65.2 Å². The number of aromatic nitrogens is 2. The normalized spacial score (nSPS) is 34.6. The molecular formula is C13H18N2O3. The van der Waals surface area contributed by atoms with Crippen LogP contribution >= 0.6 is 0 Å². The molecule has 3 aliphatic carbocycles. The van der Waals surface area contributed by atoms with Crippen molar-refractivity contribution < 1.29 is 14.1 Å². The van der Waals surface area contributed by atoms with Crippen molar-refractivity contribution in [2.45, 2.75) is 44.9 Å². The predicted molar refractivity (Wildman–Crippen MR) is 62.8 cm³/mol. The second kappa shape index (κ2) is 4.07. The van der Waals surface area contributed by atoms with Gasteiger partial charge in [-0.05, 0) is 38.0 Å². The van der Waals surface area contributed by atoms with Gasteiger partial charge in [-0.2, -0.15) is 4.98 Å². The van der Waals surface area contributed by atoms with Crippen molar-refractivity contribution >= 4 is 5.97 Å². The van der Waals surface area contributed by atoms with Crippen LogP contribution in [-0.2, 0) is 9.53 Å². The molecule has 0 spiro atoms. The molecule has 1 aromatic heterocycles. The van der Waals surface area contributed by atoms with Crippen LogP contribution in [0.3, 0.4) is 0 Å². The van der Waals surface area contributed by atoms with Gasteiger partial charge < -0.3 is 9.26 Å². The lowest BCUT2D eigenvalue weighted by atomic mass is 9.55. The smallest absolute Gasteiger partial charge is 0.312 e. The van der Waals surface area contributed by atoms with Gasteiger partial charge in [0, 0.05) is 12.8 Å². The van der Waals surface area contributed by atoms with E-state index in [1.807, 2.05) is 0 Å². The van der Waals surface area contributed by atoms with E-state index in [9.17, 15) is 4.79 Å². The van der Waals surface area contributed by atoms with Crippen LogP contribution in [-0.4, -0.2) is 23.2 Å². The quantitative estimate of drug-likeness (QED) is 0.753. The number of methoxy groups -OCH3 is 1. The summed E-state index contributed by atoms with van der Waals surface area (Å²) in [4.78, 5) is 16.6. The van der Waals surface area contributed by atoms with Crippen LogP contribution in [0.1, 0.15) is 49.7 Å². The van der Waals surface area contributed by atoms with E-state index in [1.54, 1.807) is 6.92 Å². The van der Waals surface area contributed by atoms with Gasteiger partial charge in [-0.15, -0.1) is 0 Å². The molecule has 1 unspecified atom stereocenters. The van der Waals surface area contributed by atoms with Crippen LogP contribution in [0.4, 0.5) is 0 Å². The summed E-state index contributed by atoms with van der Waals surface area (Å²) in [6.07, 6.45) is 4.99. The predicted octanol–water partition coefficient (Wildman–Crippen LogP) is 2.21. The lowest BCUT2D eigenvalue weighted by Gasteiger charge is -2.48. The zero-order valence-electron chi connectivity index (χ0n) is 10.8. The van der Waals surface area contributed by atoms with Crippen LogP contribution in [0.5, 0.6) is 0 Å². The number of aryl methyl sites for hydroxylation is 1. The third-order valence-electron chi connectivity index (χ3n) is 4.68. The number of ether oxygens (including phenoxy) is 1. The average molecular weight is 250 g/mol. The number of rotatable bonds is 2. The molecule has 3 saturated carbocycles. The zero-order valence-corrected chi connectivity index (χ0v) is 10.8. The molecule has 0 aromatic carbocycles. The van der Waals surface area contributed by atoms with Crippen LogP contribution in [0.2, 0.25) is 0 Å². The molecule has 18 heavy (non-hydrogen) atoms. The molecule has 4 rings (SSSR count). The van der Waals surface area contributed by atoms with Gasteiger partial charge in [-0.1, -0.05) is 5.16 Å². The minimum absolute atomic E-state index is 0.0647. The fraction of sp³-hybridized carbons (Fsp3) is 0.769.